The molecule has 3 atom stereocenters. The van der Waals surface area contributed by atoms with Gasteiger partial charge in [0.2, 0.25) is 5.91 Å². The number of hydrogen-bond donors (Lipinski definition) is 4. The van der Waals surface area contributed by atoms with Gasteiger partial charge in [0.15, 0.2) is 6.29 Å². The number of fused-ring (bicyclic) bond motifs is 2. The number of rotatable bonds is 4. The van der Waals surface area contributed by atoms with Crippen molar-refractivity contribution in [2.75, 3.05) is 16.9 Å². The van der Waals surface area contributed by atoms with Crippen LogP contribution in [0.3, 0.4) is 0 Å². The highest BCUT2D eigenvalue weighted by Gasteiger charge is 2.45. The largest absolute Gasteiger partial charge is 0.321 e. The normalized spacial score (nSPS) is 21.3. The first kappa shape index (κ1) is 22.5. The Bertz CT molecular complexity index is 1490. The van der Waals surface area contributed by atoms with Crippen molar-refractivity contribution in [2.45, 2.75) is 19.4 Å². The van der Waals surface area contributed by atoms with Crippen LogP contribution in [0, 0.1) is 12.8 Å². The molecule has 0 radical (unpaired) electrons. The number of anilines is 2. The monoisotopic (exact) mass is 501 g/mol. The predicted octanol–water partition coefficient (Wildman–Crippen LogP) is 3.39. The highest BCUT2D eigenvalue weighted by molar-refractivity contribution is 6.30. The van der Waals surface area contributed by atoms with Crippen molar-refractivity contribution in [2.24, 2.45) is 5.92 Å². The number of hydrazine groups is 1. The molecule has 3 aromatic carbocycles. The Hall–Kier alpha value is -3.92. The summed E-state index contributed by atoms with van der Waals surface area (Å²) in [6.45, 7) is 2.32. The van der Waals surface area contributed by atoms with Crippen molar-refractivity contribution in [3.63, 3.8) is 0 Å². The quantitative estimate of drug-likeness (QED) is 0.342. The molecule has 4 aromatic rings. The van der Waals surface area contributed by atoms with Gasteiger partial charge in [-0.25, -0.2) is 10.1 Å². The van der Waals surface area contributed by atoms with Gasteiger partial charge in [-0.15, -0.1) is 0 Å². The third kappa shape index (κ3) is 4.07. The standard InChI is InChI=1S/C26H24ClN7O2/c1-15-11-22(29-24(35)18-10-9-16-5-2-3-6-17(16)12-18)34(32-15)26-30-23-21(25(36)31-26)14-28-33(23)20-8-4-7-19(27)13-20/h2-13,21,23,26,28,30H,14H2,1H3,(H,29,35)(H,31,36). The average Bonchev–Trinajstić information content (AvgIpc) is 3.47. The number of halogens is 1. The number of benzene rings is 3. The highest BCUT2D eigenvalue weighted by atomic mass is 35.5. The molecule has 2 aliphatic rings. The van der Waals surface area contributed by atoms with Crippen LogP contribution in [-0.4, -0.2) is 34.3 Å². The Balaban J connectivity index is 1.26. The first-order valence-corrected chi connectivity index (χ1v) is 12.0. The third-order valence-electron chi connectivity index (χ3n) is 6.53. The van der Waals surface area contributed by atoms with E-state index in [1.54, 1.807) is 22.9 Å². The predicted molar refractivity (Wildman–Crippen MR) is 138 cm³/mol. The fourth-order valence-corrected chi connectivity index (χ4v) is 4.98. The first-order chi connectivity index (χ1) is 17.5. The van der Waals surface area contributed by atoms with Crippen LogP contribution in [-0.2, 0) is 4.79 Å². The molecule has 3 unspecified atom stereocenters. The van der Waals surface area contributed by atoms with Crippen LogP contribution in [0.4, 0.5) is 11.5 Å². The fourth-order valence-electron chi connectivity index (χ4n) is 4.79. The van der Waals surface area contributed by atoms with Crippen LogP contribution in [0.1, 0.15) is 22.3 Å². The maximum absolute atomic E-state index is 13.1. The van der Waals surface area contributed by atoms with Gasteiger partial charge in [-0.2, -0.15) is 5.10 Å². The molecule has 3 heterocycles. The van der Waals surface area contributed by atoms with Crippen molar-refractivity contribution in [3.8, 4) is 0 Å². The minimum absolute atomic E-state index is 0.110. The molecule has 2 fully saturated rings. The molecule has 2 aliphatic heterocycles. The summed E-state index contributed by atoms with van der Waals surface area (Å²) in [6.07, 6.45) is -1.00. The lowest BCUT2D eigenvalue weighted by Gasteiger charge is -2.37. The molecule has 0 aliphatic carbocycles. The van der Waals surface area contributed by atoms with E-state index < -0.39 is 6.29 Å². The fraction of sp³-hybridized carbons (Fsp3) is 0.192. The van der Waals surface area contributed by atoms with E-state index in [9.17, 15) is 9.59 Å². The van der Waals surface area contributed by atoms with Gasteiger partial charge in [0.05, 0.1) is 17.3 Å². The van der Waals surface area contributed by atoms with E-state index in [0.717, 1.165) is 16.5 Å². The molecule has 1 aromatic heterocycles. The topological polar surface area (TPSA) is 103 Å². The Labute approximate surface area is 212 Å². The molecule has 6 rings (SSSR count). The van der Waals surface area contributed by atoms with E-state index >= 15 is 0 Å². The molecule has 182 valence electrons. The van der Waals surface area contributed by atoms with Crippen molar-refractivity contribution in [3.05, 3.63) is 89.1 Å². The Morgan fingerprint density at radius 3 is 2.72 bits per heavy atom. The Morgan fingerprint density at radius 1 is 1.06 bits per heavy atom. The van der Waals surface area contributed by atoms with Gasteiger partial charge >= 0.3 is 0 Å². The Morgan fingerprint density at radius 2 is 1.89 bits per heavy atom. The molecule has 4 N–H and O–H groups in total. The van der Waals surface area contributed by atoms with Crippen LogP contribution < -0.4 is 26.4 Å². The second-order valence-electron chi connectivity index (χ2n) is 8.97. The molecule has 2 saturated heterocycles. The second kappa shape index (κ2) is 8.94. The number of nitrogens with zero attached hydrogens (tertiary/aromatic N) is 3. The van der Waals surface area contributed by atoms with Gasteiger partial charge in [-0.05, 0) is 48.0 Å². The average molecular weight is 502 g/mol. The van der Waals surface area contributed by atoms with Crippen molar-refractivity contribution >= 4 is 45.7 Å². The lowest BCUT2D eigenvalue weighted by Crippen LogP contribution is -2.61. The molecule has 0 spiro atoms. The van der Waals surface area contributed by atoms with E-state index in [-0.39, 0.29) is 23.9 Å². The summed E-state index contributed by atoms with van der Waals surface area (Å²) in [5, 5.41) is 18.5. The summed E-state index contributed by atoms with van der Waals surface area (Å²) >= 11 is 6.20. The summed E-state index contributed by atoms with van der Waals surface area (Å²) in [5.74, 6) is -0.208. The number of carbonyl (C=O) groups excluding carboxylic acids is 2. The van der Waals surface area contributed by atoms with Gasteiger partial charge in [0.25, 0.3) is 5.91 Å². The smallest absolute Gasteiger partial charge is 0.256 e. The minimum atomic E-state index is -0.666. The summed E-state index contributed by atoms with van der Waals surface area (Å²) < 4.78 is 1.59. The van der Waals surface area contributed by atoms with Crippen LogP contribution >= 0.6 is 11.6 Å². The molecule has 0 saturated carbocycles. The maximum atomic E-state index is 13.1. The number of amides is 2. The van der Waals surface area contributed by atoms with Crippen LogP contribution in [0.15, 0.2) is 72.8 Å². The van der Waals surface area contributed by atoms with Gasteiger partial charge in [-0.1, -0.05) is 48.0 Å². The number of aryl methyl sites for hydroxylation is 1. The van der Waals surface area contributed by atoms with Gasteiger partial charge in [0.1, 0.15) is 12.0 Å². The van der Waals surface area contributed by atoms with Crippen molar-refractivity contribution < 1.29 is 9.59 Å². The highest BCUT2D eigenvalue weighted by Crippen LogP contribution is 2.29. The summed E-state index contributed by atoms with van der Waals surface area (Å²) in [7, 11) is 0. The SMILES string of the molecule is Cc1cc(NC(=O)c2ccc3ccccc3c2)n(C2NC(=O)C3CNN(c4cccc(Cl)c4)C3N2)n1. The number of carbonyl (C=O) groups is 2. The molecule has 36 heavy (non-hydrogen) atoms. The van der Waals surface area contributed by atoms with Gasteiger partial charge in [0, 0.05) is 23.2 Å². The molecule has 2 amide bonds. The van der Waals surface area contributed by atoms with E-state index in [4.69, 9.17) is 11.6 Å². The molecule has 0 bridgehead atoms. The van der Waals surface area contributed by atoms with Crippen LogP contribution in [0.25, 0.3) is 10.8 Å². The maximum Gasteiger partial charge on any atom is 0.256 e. The van der Waals surface area contributed by atoms with Gasteiger partial charge in [-0.3, -0.25) is 19.9 Å². The molecular formula is C26H24ClN7O2. The van der Waals surface area contributed by atoms with Gasteiger partial charge < -0.3 is 10.6 Å². The molecule has 9 nitrogen and oxygen atoms in total. The zero-order chi connectivity index (χ0) is 24.8. The van der Waals surface area contributed by atoms with Crippen LogP contribution in [0.5, 0.6) is 0 Å². The van der Waals surface area contributed by atoms with Crippen molar-refractivity contribution in [1.82, 2.24) is 25.8 Å². The zero-order valence-electron chi connectivity index (χ0n) is 19.4. The van der Waals surface area contributed by atoms with Crippen molar-refractivity contribution in [1.29, 1.82) is 0 Å². The number of nitrogens with one attached hydrogen (secondary N) is 4. The van der Waals surface area contributed by atoms with E-state index in [2.05, 4.69) is 26.5 Å². The summed E-state index contributed by atoms with van der Waals surface area (Å²) in [5.41, 5.74) is 5.37. The second-order valence-corrected chi connectivity index (χ2v) is 9.41. The van der Waals surface area contributed by atoms with E-state index in [1.165, 1.54) is 0 Å². The first-order valence-electron chi connectivity index (χ1n) is 11.7. The lowest BCUT2D eigenvalue weighted by atomic mass is 10.0. The summed E-state index contributed by atoms with van der Waals surface area (Å²) in [4.78, 5) is 26.1. The van der Waals surface area contributed by atoms with E-state index in [1.807, 2.05) is 66.5 Å². The zero-order valence-corrected chi connectivity index (χ0v) is 20.2. The lowest BCUT2D eigenvalue weighted by molar-refractivity contribution is -0.129. The van der Waals surface area contributed by atoms with Crippen LogP contribution in [0.2, 0.25) is 5.02 Å². The van der Waals surface area contributed by atoms with E-state index in [0.29, 0.717) is 28.6 Å². The summed E-state index contributed by atoms with van der Waals surface area (Å²) in [6, 6.07) is 22.7. The molecular weight excluding hydrogens is 478 g/mol. The number of aromatic nitrogens is 2. The number of hydrogen-bond acceptors (Lipinski definition) is 6. The third-order valence-corrected chi connectivity index (χ3v) is 6.76. The molecule has 10 heteroatoms. The minimum Gasteiger partial charge on any atom is -0.321 e. The Kier molecular flexibility index (Phi) is 5.60.